The van der Waals surface area contributed by atoms with Crippen molar-refractivity contribution in [3.05, 3.63) is 88.7 Å². The zero-order valence-electron chi connectivity index (χ0n) is 16.6. The van der Waals surface area contributed by atoms with Gasteiger partial charge in [0.05, 0.1) is 17.7 Å². The summed E-state index contributed by atoms with van der Waals surface area (Å²) in [6, 6.07) is 11.5. The number of pyridine rings is 1. The molecule has 0 saturated heterocycles. The molecule has 164 valence electrons. The Morgan fingerprint density at radius 1 is 1.12 bits per heavy atom. The van der Waals surface area contributed by atoms with Gasteiger partial charge in [0.15, 0.2) is 5.78 Å². The molecular formula is C23H17F3N2O4. The quantitative estimate of drug-likeness (QED) is 0.635. The first-order chi connectivity index (χ1) is 15.2. The van der Waals surface area contributed by atoms with Gasteiger partial charge >= 0.3 is 6.18 Å². The normalized spacial score (nSPS) is 14.3. The molecule has 0 spiro atoms. The average Bonchev–Trinajstić information content (AvgIpc) is 2.77. The number of halogens is 3. The second-order valence-corrected chi connectivity index (χ2v) is 7.12. The van der Waals surface area contributed by atoms with Gasteiger partial charge in [-0.15, -0.1) is 0 Å². The molecule has 2 heterocycles. The van der Waals surface area contributed by atoms with Crippen LogP contribution in [0.5, 0.6) is 11.5 Å². The summed E-state index contributed by atoms with van der Waals surface area (Å²) in [6.45, 7) is 0.218. The Morgan fingerprint density at radius 2 is 1.88 bits per heavy atom. The number of carbonyl (C=O) groups excluding carboxylic acids is 2. The summed E-state index contributed by atoms with van der Waals surface area (Å²) in [6.07, 6.45) is -3.61. The van der Waals surface area contributed by atoms with E-state index in [-0.39, 0.29) is 35.7 Å². The number of alkyl halides is 3. The summed E-state index contributed by atoms with van der Waals surface area (Å²) in [4.78, 5) is 27.0. The standard InChI is InChI=1S/C23H17F3N2O4/c24-23(25,26)18-12-28-9-7-16(18)21(13-1-3-14(4-2-13)22(27)30)32-15-5-6-17-19(29)8-10-31-20(17)11-15/h1-7,9,11-12,21H,8,10H2,(H2,27,30). The number of benzene rings is 2. The van der Waals surface area contributed by atoms with E-state index in [2.05, 4.69) is 4.98 Å². The Bertz CT molecular complexity index is 1180. The summed E-state index contributed by atoms with van der Waals surface area (Å²) < 4.78 is 52.6. The molecule has 4 rings (SSSR count). The van der Waals surface area contributed by atoms with Crippen LogP contribution in [0.1, 0.15) is 49.9 Å². The molecule has 2 aromatic carbocycles. The Morgan fingerprint density at radius 3 is 2.56 bits per heavy atom. The SMILES string of the molecule is NC(=O)c1ccc(C(Oc2ccc3c(c2)OCCC3=O)c2ccncc2C(F)(F)F)cc1. The molecule has 9 heteroatoms. The number of nitrogens with zero attached hydrogens (tertiary/aromatic N) is 1. The van der Waals surface area contributed by atoms with Gasteiger partial charge in [0.1, 0.15) is 17.6 Å². The third-order valence-corrected chi connectivity index (χ3v) is 5.03. The zero-order valence-corrected chi connectivity index (χ0v) is 16.6. The van der Waals surface area contributed by atoms with Gasteiger partial charge in [0.25, 0.3) is 0 Å². The van der Waals surface area contributed by atoms with Crippen molar-refractivity contribution < 1.29 is 32.2 Å². The van der Waals surface area contributed by atoms with Gasteiger partial charge in [-0.25, -0.2) is 0 Å². The number of Topliss-reactive ketones (excluding diaryl/α,β-unsaturated/α-hetero) is 1. The lowest BCUT2D eigenvalue weighted by Gasteiger charge is -2.24. The summed E-state index contributed by atoms with van der Waals surface area (Å²) in [5, 5.41) is 0. The fraction of sp³-hybridized carbons (Fsp3) is 0.174. The number of hydrogen-bond donors (Lipinski definition) is 1. The van der Waals surface area contributed by atoms with Crippen LogP contribution in [0.3, 0.4) is 0 Å². The molecule has 6 nitrogen and oxygen atoms in total. The van der Waals surface area contributed by atoms with E-state index >= 15 is 0 Å². The summed E-state index contributed by atoms with van der Waals surface area (Å²) in [5.74, 6) is -0.213. The second kappa shape index (κ2) is 8.33. The van der Waals surface area contributed by atoms with Crippen molar-refractivity contribution in [1.29, 1.82) is 0 Å². The lowest BCUT2D eigenvalue weighted by molar-refractivity contribution is -0.139. The number of aromatic nitrogens is 1. The third kappa shape index (κ3) is 4.27. The van der Waals surface area contributed by atoms with Gasteiger partial charge in [-0.1, -0.05) is 12.1 Å². The maximum absolute atomic E-state index is 13.7. The van der Waals surface area contributed by atoms with Crippen LogP contribution in [0.15, 0.2) is 60.9 Å². The van der Waals surface area contributed by atoms with Gasteiger partial charge in [0, 0.05) is 36.0 Å². The van der Waals surface area contributed by atoms with E-state index in [9.17, 15) is 22.8 Å². The number of ether oxygens (including phenoxy) is 2. The number of nitrogens with two attached hydrogens (primary N) is 1. The van der Waals surface area contributed by atoms with E-state index < -0.39 is 23.8 Å². The highest BCUT2D eigenvalue weighted by Crippen LogP contribution is 2.39. The zero-order chi connectivity index (χ0) is 22.9. The first-order valence-corrected chi connectivity index (χ1v) is 9.61. The molecule has 0 fully saturated rings. The molecule has 0 aliphatic carbocycles. The van der Waals surface area contributed by atoms with Gasteiger partial charge in [-0.05, 0) is 35.9 Å². The molecule has 0 radical (unpaired) electrons. The number of hydrogen-bond acceptors (Lipinski definition) is 5. The van der Waals surface area contributed by atoms with E-state index in [4.69, 9.17) is 15.2 Å². The van der Waals surface area contributed by atoms with Crippen molar-refractivity contribution >= 4 is 11.7 Å². The largest absolute Gasteiger partial charge is 0.492 e. The van der Waals surface area contributed by atoms with E-state index in [0.29, 0.717) is 16.9 Å². The van der Waals surface area contributed by atoms with Crippen LogP contribution in [-0.2, 0) is 6.18 Å². The molecular weight excluding hydrogens is 425 g/mol. The Hall–Kier alpha value is -3.88. The molecule has 1 aliphatic rings. The van der Waals surface area contributed by atoms with E-state index in [1.54, 1.807) is 0 Å². The monoisotopic (exact) mass is 442 g/mol. The molecule has 2 N–H and O–H groups in total. The average molecular weight is 442 g/mol. The number of amides is 1. The molecule has 32 heavy (non-hydrogen) atoms. The van der Waals surface area contributed by atoms with Crippen LogP contribution in [0, 0.1) is 0 Å². The molecule has 1 amide bonds. The number of ketones is 1. The fourth-order valence-electron chi connectivity index (χ4n) is 3.45. The molecule has 0 saturated carbocycles. The van der Waals surface area contributed by atoms with Gasteiger partial charge in [-0.3, -0.25) is 14.6 Å². The van der Waals surface area contributed by atoms with Crippen LogP contribution >= 0.6 is 0 Å². The van der Waals surface area contributed by atoms with E-state index in [0.717, 1.165) is 6.20 Å². The molecule has 1 unspecified atom stereocenters. The lowest BCUT2D eigenvalue weighted by Crippen LogP contribution is -2.18. The predicted octanol–water partition coefficient (Wildman–Crippen LogP) is 4.33. The van der Waals surface area contributed by atoms with Crippen molar-refractivity contribution in [2.24, 2.45) is 5.73 Å². The minimum Gasteiger partial charge on any atom is -0.492 e. The number of carbonyl (C=O) groups is 2. The van der Waals surface area contributed by atoms with E-state index in [1.165, 1.54) is 54.7 Å². The topological polar surface area (TPSA) is 91.5 Å². The highest BCUT2D eigenvalue weighted by molar-refractivity contribution is 5.99. The van der Waals surface area contributed by atoms with Gasteiger partial charge < -0.3 is 15.2 Å². The molecule has 1 atom stereocenters. The maximum Gasteiger partial charge on any atom is 0.418 e. The van der Waals surface area contributed by atoms with Crippen LogP contribution in [0.2, 0.25) is 0 Å². The lowest BCUT2D eigenvalue weighted by atomic mass is 9.96. The van der Waals surface area contributed by atoms with Crippen LogP contribution in [0.4, 0.5) is 13.2 Å². The summed E-state index contributed by atoms with van der Waals surface area (Å²) in [5.41, 5.74) is 5.12. The smallest absolute Gasteiger partial charge is 0.418 e. The predicted molar refractivity (Wildman–Crippen MR) is 108 cm³/mol. The summed E-state index contributed by atoms with van der Waals surface area (Å²) >= 11 is 0. The minimum atomic E-state index is -4.66. The highest BCUT2D eigenvalue weighted by Gasteiger charge is 2.37. The molecule has 1 aromatic heterocycles. The first-order valence-electron chi connectivity index (χ1n) is 9.61. The van der Waals surface area contributed by atoms with Crippen molar-refractivity contribution in [3.8, 4) is 11.5 Å². The number of fused-ring (bicyclic) bond motifs is 1. The number of rotatable bonds is 5. The van der Waals surface area contributed by atoms with E-state index in [1.807, 2.05) is 0 Å². The van der Waals surface area contributed by atoms with Crippen LogP contribution in [-0.4, -0.2) is 23.3 Å². The van der Waals surface area contributed by atoms with Crippen LogP contribution < -0.4 is 15.2 Å². The molecule has 3 aromatic rings. The Labute approximate surface area is 180 Å². The Kier molecular flexibility index (Phi) is 5.56. The maximum atomic E-state index is 13.7. The highest BCUT2D eigenvalue weighted by atomic mass is 19.4. The van der Waals surface area contributed by atoms with Crippen molar-refractivity contribution in [3.63, 3.8) is 0 Å². The van der Waals surface area contributed by atoms with Gasteiger partial charge in [-0.2, -0.15) is 13.2 Å². The van der Waals surface area contributed by atoms with Gasteiger partial charge in [0.2, 0.25) is 5.91 Å². The van der Waals surface area contributed by atoms with Crippen LogP contribution in [0.25, 0.3) is 0 Å². The fourth-order valence-corrected chi connectivity index (χ4v) is 3.45. The third-order valence-electron chi connectivity index (χ3n) is 5.03. The Balaban J connectivity index is 1.79. The molecule has 1 aliphatic heterocycles. The van der Waals surface area contributed by atoms with Crippen molar-refractivity contribution in [2.45, 2.75) is 18.7 Å². The number of primary amides is 1. The summed E-state index contributed by atoms with van der Waals surface area (Å²) in [7, 11) is 0. The second-order valence-electron chi connectivity index (χ2n) is 7.12. The minimum absolute atomic E-state index is 0.0788. The first kappa shape index (κ1) is 21.4. The van der Waals surface area contributed by atoms with Crippen molar-refractivity contribution in [1.82, 2.24) is 4.98 Å². The molecule has 0 bridgehead atoms. The van der Waals surface area contributed by atoms with Crippen molar-refractivity contribution in [2.75, 3.05) is 6.61 Å².